The van der Waals surface area contributed by atoms with Crippen LogP contribution in [0.15, 0.2) is 66.7 Å². The van der Waals surface area contributed by atoms with E-state index in [4.69, 9.17) is 21.1 Å². The molecular formula is C24H17ClF3NO3. The number of fused-ring (bicyclic) bond motifs is 1. The number of amides is 1. The normalized spacial score (nSPS) is 14.2. The topological polar surface area (TPSA) is 47.6 Å². The first kappa shape index (κ1) is 21.8. The summed E-state index contributed by atoms with van der Waals surface area (Å²) in [4.78, 5) is 12.3. The molecule has 0 saturated carbocycles. The van der Waals surface area contributed by atoms with E-state index in [2.05, 4.69) is 5.32 Å². The van der Waals surface area contributed by atoms with E-state index < -0.39 is 17.6 Å². The zero-order valence-corrected chi connectivity index (χ0v) is 17.3. The van der Waals surface area contributed by atoms with Gasteiger partial charge in [-0.3, -0.25) is 4.79 Å². The molecule has 1 heterocycles. The highest BCUT2D eigenvalue weighted by atomic mass is 35.5. The van der Waals surface area contributed by atoms with Crippen LogP contribution in [-0.2, 0) is 11.0 Å². The Balaban J connectivity index is 1.38. The van der Waals surface area contributed by atoms with Gasteiger partial charge in [0.25, 0.3) is 5.91 Å². The molecule has 1 N–H and O–H groups in total. The predicted molar refractivity (Wildman–Crippen MR) is 117 cm³/mol. The molecule has 0 aromatic heterocycles. The average molecular weight is 460 g/mol. The van der Waals surface area contributed by atoms with Crippen molar-refractivity contribution in [2.24, 2.45) is 0 Å². The number of ether oxygens (including phenoxy) is 2. The number of carbonyl (C=O) groups is 1. The van der Waals surface area contributed by atoms with E-state index in [-0.39, 0.29) is 5.69 Å². The Morgan fingerprint density at radius 3 is 2.06 bits per heavy atom. The molecule has 0 saturated heterocycles. The summed E-state index contributed by atoms with van der Waals surface area (Å²) in [5.41, 5.74) is 0.796. The first-order valence-corrected chi connectivity index (χ1v) is 10.0. The van der Waals surface area contributed by atoms with Gasteiger partial charge in [-0.15, -0.1) is 0 Å². The summed E-state index contributed by atoms with van der Waals surface area (Å²) in [5.74, 6) is 0.870. The minimum Gasteiger partial charge on any atom is -0.490 e. The van der Waals surface area contributed by atoms with Gasteiger partial charge in [-0.25, -0.2) is 0 Å². The number of hydrogen-bond acceptors (Lipinski definition) is 3. The Kier molecular flexibility index (Phi) is 6.10. The zero-order valence-electron chi connectivity index (χ0n) is 16.6. The van der Waals surface area contributed by atoms with Crippen molar-refractivity contribution in [3.8, 4) is 11.5 Å². The third-order valence-corrected chi connectivity index (χ3v) is 5.01. The number of hydrogen-bond donors (Lipinski definition) is 1. The summed E-state index contributed by atoms with van der Waals surface area (Å²) in [7, 11) is 0. The summed E-state index contributed by atoms with van der Waals surface area (Å²) < 4.78 is 49.9. The maximum absolute atomic E-state index is 12.9. The molecule has 0 bridgehead atoms. The van der Waals surface area contributed by atoms with Crippen LogP contribution >= 0.6 is 11.6 Å². The van der Waals surface area contributed by atoms with Crippen LogP contribution < -0.4 is 14.8 Å². The SMILES string of the molecule is O=C1Nc2cc(C(F)(F)F)ccc2/C1=C\c1ccc(OCCOc2ccc(Cl)cc2)cc1. The van der Waals surface area contributed by atoms with Gasteiger partial charge in [0.15, 0.2) is 0 Å². The summed E-state index contributed by atoms with van der Waals surface area (Å²) in [5, 5.41) is 3.12. The third kappa shape index (κ3) is 5.06. The van der Waals surface area contributed by atoms with E-state index in [9.17, 15) is 18.0 Å². The van der Waals surface area contributed by atoms with E-state index in [1.807, 2.05) is 0 Å². The van der Waals surface area contributed by atoms with Gasteiger partial charge < -0.3 is 14.8 Å². The fourth-order valence-electron chi connectivity index (χ4n) is 3.19. The van der Waals surface area contributed by atoms with Crippen LogP contribution in [-0.4, -0.2) is 19.1 Å². The molecule has 0 radical (unpaired) electrons. The minimum atomic E-state index is -4.47. The van der Waals surface area contributed by atoms with Gasteiger partial charge >= 0.3 is 6.18 Å². The van der Waals surface area contributed by atoms with E-state index in [1.54, 1.807) is 54.6 Å². The molecule has 4 nitrogen and oxygen atoms in total. The molecule has 0 spiro atoms. The van der Waals surface area contributed by atoms with Crippen molar-refractivity contribution in [1.29, 1.82) is 0 Å². The molecule has 1 aliphatic rings. The molecule has 164 valence electrons. The fraction of sp³-hybridized carbons (Fsp3) is 0.125. The van der Waals surface area contributed by atoms with Crippen LogP contribution in [0.3, 0.4) is 0 Å². The highest BCUT2D eigenvalue weighted by Gasteiger charge is 2.33. The van der Waals surface area contributed by atoms with Gasteiger partial charge in [0, 0.05) is 21.8 Å². The van der Waals surface area contributed by atoms with Crippen LogP contribution in [0.4, 0.5) is 18.9 Å². The maximum Gasteiger partial charge on any atom is 0.416 e. The summed E-state index contributed by atoms with van der Waals surface area (Å²) >= 11 is 5.83. The summed E-state index contributed by atoms with van der Waals surface area (Å²) in [6, 6.07) is 17.2. The van der Waals surface area contributed by atoms with Crippen LogP contribution in [0, 0.1) is 0 Å². The maximum atomic E-state index is 12.9. The van der Waals surface area contributed by atoms with Crippen molar-refractivity contribution in [3.05, 3.63) is 88.4 Å². The Bertz CT molecular complexity index is 1160. The van der Waals surface area contributed by atoms with Crippen molar-refractivity contribution in [3.63, 3.8) is 0 Å². The van der Waals surface area contributed by atoms with Crippen molar-refractivity contribution < 1.29 is 27.4 Å². The second-order valence-electron chi connectivity index (χ2n) is 6.99. The Morgan fingerprint density at radius 2 is 1.47 bits per heavy atom. The van der Waals surface area contributed by atoms with Gasteiger partial charge in [-0.2, -0.15) is 13.2 Å². The van der Waals surface area contributed by atoms with Gasteiger partial charge in [-0.05, 0) is 60.2 Å². The number of carbonyl (C=O) groups excluding carboxylic acids is 1. The second kappa shape index (κ2) is 8.96. The largest absolute Gasteiger partial charge is 0.490 e. The van der Waals surface area contributed by atoms with E-state index in [0.29, 0.717) is 46.4 Å². The standard InChI is InChI=1S/C24H17ClF3NO3/c25-17-4-8-19(9-5-17)32-12-11-31-18-6-1-15(2-7-18)13-21-20-10-3-16(24(26,27)28)14-22(20)29-23(21)30/h1-10,13-14H,11-12H2,(H,29,30)/b21-13+. The number of nitrogens with one attached hydrogen (secondary N) is 1. The van der Waals surface area contributed by atoms with Crippen molar-refractivity contribution in [2.75, 3.05) is 18.5 Å². The molecule has 1 amide bonds. The Labute approximate surface area is 187 Å². The lowest BCUT2D eigenvalue weighted by atomic mass is 10.0. The zero-order chi connectivity index (χ0) is 22.7. The van der Waals surface area contributed by atoms with Crippen molar-refractivity contribution in [1.82, 2.24) is 0 Å². The lowest BCUT2D eigenvalue weighted by Gasteiger charge is -2.09. The number of alkyl halides is 3. The van der Waals surface area contributed by atoms with E-state index >= 15 is 0 Å². The molecule has 0 fully saturated rings. The smallest absolute Gasteiger partial charge is 0.416 e. The third-order valence-electron chi connectivity index (χ3n) is 4.76. The first-order chi connectivity index (χ1) is 15.3. The van der Waals surface area contributed by atoms with E-state index in [1.165, 1.54) is 6.07 Å². The van der Waals surface area contributed by atoms with Crippen LogP contribution in [0.1, 0.15) is 16.7 Å². The van der Waals surface area contributed by atoms with Gasteiger partial charge in [0.05, 0.1) is 5.56 Å². The average Bonchev–Trinajstić information content (AvgIpc) is 3.07. The monoisotopic (exact) mass is 459 g/mol. The molecule has 4 rings (SSSR count). The molecule has 8 heteroatoms. The predicted octanol–water partition coefficient (Wildman–Crippen LogP) is 6.31. The first-order valence-electron chi connectivity index (χ1n) is 9.65. The highest BCUT2D eigenvalue weighted by Crippen LogP contribution is 2.38. The molecule has 3 aromatic rings. The molecule has 0 atom stereocenters. The van der Waals surface area contributed by atoms with Crippen molar-refractivity contribution >= 4 is 34.8 Å². The Morgan fingerprint density at radius 1 is 0.875 bits per heavy atom. The molecule has 1 aliphatic heterocycles. The van der Waals surface area contributed by atoms with Gasteiger partial charge in [0.1, 0.15) is 24.7 Å². The number of rotatable bonds is 6. The second-order valence-corrected chi connectivity index (χ2v) is 7.43. The quantitative estimate of drug-likeness (QED) is 0.347. The number of benzene rings is 3. The van der Waals surface area contributed by atoms with Gasteiger partial charge in [0.2, 0.25) is 0 Å². The molecule has 32 heavy (non-hydrogen) atoms. The van der Waals surface area contributed by atoms with Crippen LogP contribution in [0.25, 0.3) is 11.6 Å². The number of anilines is 1. The fourth-order valence-corrected chi connectivity index (χ4v) is 3.32. The lowest BCUT2D eigenvalue weighted by molar-refractivity contribution is -0.137. The van der Waals surface area contributed by atoms with Crippen molar-refractivity contribution in [2.45, 2.75) is 6.18 Å². The molecular weight excluding hydrogens is 443 g/mol. The Hall–Kier alpha value is -3.45. The lowest BCUT2D eigenvalue weighted by Crippen LogP contribution is -2.08. The molecule has 3 aromatic carbocycles. The van der Waals surface area contributed by atoms with E-state index in [0.717, 1.165) is 12.1 Å². The molecule has 0 aliphatic carbocycles. The minimum absolute atomic E-state index is 0.150. The van der Waals surface area contributed by atoms with Gasteiger partial charge in [-0.1, -0.05) is 29.8 Å². The van der Waals surface area contributed by atoms with Crippen LogP contribution in [0.2, 0.25) is 5.02 Å². The highest BCUT2D eigenvalue weighted by molar-refractivity contribution is 6.35. The molecule has 0 unspecified atom stereocenters. The number of halogens is 4. The van der Waals surface area contributed by atoms with Crippen LogP contribution in [0.5, 0.6) is 11.5 Å². The summed E-state index contributed by atoms with van der Waals surface area (Å²) in [6.45, 7) is 0.685. The summed E-state index contributed by atoms with van der Waals surface area (Å²) in [6.07, 6.45) is -2.84.